The van der Waals surface area contributed by atoms with Crippen molar-refractivity contribution in [2.24, 2.45) is 5.92 Å². The lowest BCUT2D eigenvalue weighted by Crippen LogP contribution is -2.08. The summed E-state index contributed by atoms with van der Waals surface area (Å²) >= 11 is 5.87. The number of halogens is 1. The van der Waals surface area contributed by atoms with Gasteiger partial charge in [0.1, 0.15) is 12.4 Å². The molecule has 0 unspecified atom stereocenters. The Labute approximate surface area is 146 Å². The van der Waals surface area contributed by atoms with Crippen LogP contribution in [-0.4, -0.2) is 17.0 Å². The van der Waals surface area contributed by atoms with Crippen LogP contribution >= 0.6 is 11.6 Å². The minimum atomic E-state index is -0.0189. The first-order chi connectivity index (χ1) is 11.6. The maximum Gasteiger partial charge on any atom is 0.167 e. The van der Waals surface area contributed by atoms with Gasteiger partial charge in [0.25, 0.3) is 0 Å². The fourth-order valence-corrected chi connectivity index (χ4v) is 2.86. The molecule has 1 aromatic heterocycles. The summed E-state index contributed by atoms with van der Waals surface area (Å²) < 4.78 is 7.85. The molecule has 2 aromatic carbocycles. The molecule has 1 heterocycles. The average molecular weight is 342 g/mol. The largest absolute Gasteiger partial charge is 0.492 e. The van der Waals surface area contributed by atoms with Gasteiger partial charge in [-0.05, 0) is 30.3 Å². The van der Waals surface area contributed by atoms with Crippen molar-refractivity contribution in [2.75, 3.05) is 6.61 Å². The van der Waals surface area contributed by atoms with E-state index in [1.165, 1.54) is 0 Å². The summed E-state index contributed by atoms with van der Waals surface area (Å²) in [6, 6.07) is 15.3. The van der Waals surface area contributed by atoms with E-state index in [-0.39, 0.29) is 11.7 Å². The second-order valence-electron chi connectivity index (χ2n) is 6.07. The number of carbonyl (C=O) groups is 1. The highest BCUT2D eigenvalue weighted by Crippen LogP contribution is 2.24. The molecule has 0 spiro atoms. The van der Waals surface area contributed by atoms with E-state index < -0.39 is 0 Å². The number of hydrogen-bond acceptors (Lipinski definition) is 2. The molecule has 4 heteroatoms. The van der Waals surface area contributed by atoms with Crippen molar-refractivity contribution in [3.63, 3.8) is 0 Å². The molecule has 0 aliphatic heterocycles. The van der Waals surface area contributed by atoms with E-state index in [0.29, 0.717) is 18.2 Å². The first-order valence-electron chi connectivity index (χ1n) is 8.06. The van der Waals surface area contributed by atoms with Gasteiger partial charge >= 0.3 is 0 Å². The van der Waals surface area contributed by atoms with Gasteiger partial charge in [-0.1, -0.05) is 43.6 Å². The molecule has 0 N–H and O–H groups in total. The van der Waals surface area contributed by atoms with Crippen LogP contribution in [0.3, 0.4) is 0 Å². The van der Waals surface area contributed by atoms with E-state index in [1.807, 2.05) is 56.4 Å². The Balaban J connectivity index is 1.79. The van der Waals surface area contributed by atoms with E-state index in [1.54, 1.807) is 12.1 Å². The Kier molecular flexibility index (Phi) is 4.91. The Morgan fingerprint density at radius 1 is 1.12 bits per heavy atom. The Bertz CT molecular complexity index is 850. The van der Waals surface area contributed by atoms with Crippen LogP contribution in [0.2, 0.25) is 5.02 Å². The standard InChI is InChI=1S/C20H20ClNO2/c1-14(2)20(23)18-13-22(19-6-4-3-5-17(18)19)11-12-24-16-9-7-15(21)8-10-16/h3-10,13-14H,11-12H2,1-2H3. The van der Waals surface area contributed by atoms with Crippen molar-refractivity contribution < 1.29 is 9.53 Å². The highest BCUT2D eigenvalue weighted by molar-refractivity contribution is 6.30. The number of carbonyl (C=O) groups excluding carboxylic acids is 1. The zero-order chi connectivity index (χ0) is 17.1. The van der Waals surface area contributed by atoms with Crippen molar-refractivity contribution in [1.29, 1.82) is 0 Å². The van der Waals surface area contributed by atoms with Crippen LogP contribution in [0.15, 0.2) is 54.7 Å². The minimum Gasteiger partial charge on any atom is -0.492 e. The van der Waals surface area contributed by atoms with Crippen molar-refractivity contribution in [3.8, 4) is 5.75 Å². The van der Waals surface area contributed by atoms with Crippen molar-refractivity contribution in [1.82, 2.24) is 4.57 Å². The number of Topliss-reactive ketones (excluding diaryl/α,β-unsaturated/α-hetero) is 1. The third kappa shape index (κ3) is 3.46. The van der Waals surface area contributed by atoms with Crippen LogP contribution in [-0.2, 0) is 6.54 Å². The Morgan fingerprint density at radius 3 is 2.54 bits per heavy atom. The van der Waals surface area contributed by atoms with E-state index in [4.69, 9.17) is 16.3 Å². The van der Waals surface area contributed by atoms with Crippen LogP contribution < -0.4 is 4.74 Å². The van der Waals surface area contributed by atoms with Gasteiger partial charge in [-0.25, -0.2) is 0 Å². The minimum absolute atomic E-state index is 0.0189. The maximum atomic E-state index is 12.4. The molecule has 0 saturated heterocycles. The molecule has 124 valence electrons. The maximum absolute atomic E-state index is 12.4. The molecule has 0 fully saturated rings. The fraction of sp³-hybridized carbons (Fsp3) is 0.250. The normalized spacial score (nSPS) is 11.2. The summed E-state index contributed by atoms with van der Waals surface area (Å²) in [4.78, 5) is 12.4. The lowest BCUT2D eigenvalue weighted by Gasteiger charge is -2.08. The predicted molar refractivity (Wildman–Crippen MR) is 98.1 cm³/mol. The molecular weight excluding hydrogens is 322 g/mol. The van der Waals surface area contributed by atoms with E-state index in [9.17, 15) is 4.79 Å². The highest BCUT2D eigenvalue weighted by Gasteiger charge is 2.17. The van der Waals surface area contributed by atoms with Gasteiger partial charge in [-0.2, -0.15) is 0 Å². The topological polar surface area (TPSA) is 31.2 Å². The molecule has 3 rings (SSSR count). The van der Waals surface area contributed by atoms with Crippen LogP contribution in [0.5, 0.6) is 5.75 Å². The first-order valence-corrected chi connectivity index (χ1v) is 8.44. The summed E-state index contributed by atoms with van der Waals surface area (Å²) in [5.74, 6) is 0.937. The number of nitrogens with zero attached hydrogens (tertiary/aromatic N) is 1. The number of aromatic nitrogens is 1. The quantitative estimate of drug-likeness (QED) is 0.576. The molecule has 24 heavy (non-hydrogen) atoms. The number of ketones is 1. The monoisotopic (exact) mass is 341 g/mol. The second kappa shape index (κ2) is 7.10. The van der Waals surface area contributed by atoms with Crippen LogP contribution in [0.4, 0.5) is 0 Å². The van der Waals surface area contributed by atoms with Crippen molar-refractivity contribution >= 4 is 28.3 Å². The zero-order valence-electron chi connectivity index (χ0n) is 13.8. The number of ether oxygens (including phenoxy) is 1. The number of hydrogen-bond donors (Lipinski definition) is 0. The molecule has 0 aliphatic carbocycles. The van der Waals surface area contributed by atoms with E-state index >= 15 is 0 Å². The third-order valence-electron chi connectivity index (χ3n) is 3.99. The van der Waals surface area contributed by atoms with Crippen molar-refractivity contribution in [2.45, 2.75) is 20.4 Å². The van der Waals surface area contributed by atoms with Crippen molar-refractivity contribution in [3.05, 3.63) is 65.3 Å². The van der Waals surface area contributed by atoms with Gasteiger partial charge in [-0.15, -0.1) is 0 Å². The molecule has 0 saturated carbocycles. The summed E-state index contributed by atoms with van der Waals surface area (Å²) in [6.45, 7) is 5.06. The summed E-state index contributed by atoms with van der Waals surface area (Å²) in [5.41, 5.74) is 1.84. The second-order valence-corrected chi connectivity index (χ2v) is 6.51. The molecule has 3 nitrogen and oxygen atoms in total. The van der Waals surface area contributed by atoms with Crippen LogP contribution in [0.25, 0.3) is 10.9 Å². The molecule has 3 aromatic rings. The Morgan fingerprint density at radius 2 is 1.83 bits per heavy atom. The average Bonchev–Trinajstić information content (AvgIpc) is 2.95. The molecule has 0 amide bonds. The van der Waals surface area contributed by atoms with Gasteiger partial charge in [-0.3, -0.25) is 4.79 Å². The van der Waals surface area contributed by atoms with E-state index in [0.717, 1.165) is 22.2 Å². The van der Waals surface area contributed by atoms with Gasteiger partial charge in [0.15, 0.2) is 5.78 Å². The number of benzene rings is 2. The van der Waals surface area contributed by atoms with Gasteiger partial charge in [0.05, 0.1) is 6.54 Å². The highest BCUT2D eigenvalue weighted by atomic mass is 35.5. The number of para-hydroxylation sites is 1. The fourth-order valence-electron chi connectivity index (χ4n) is 2.73. The summed E-state index contributed by atoms with van der Waals surface area (Å²) in [5, 5.41) is 1.69. The third-order valence-corrected chi connectivity index (χ3v) is 4.24. The van der Waals surface area contributed by atoms with E-state index in [2.05, 4.69) is 4.57 Å². The Hall–Kier alpha value is -2.26. The molecule has 0 bridgehead atoms. The first kappa shape index (κ1) is 16.6. The SMILES string of the molecule is CC(C)C(=O)c1cn(CCOc2ccc(Cl)cc2)c2ccccc12. The van der Waals surface area contributed by atoms with Crippen LogP contribution in [0.1, 0.15) is 24.2 Å². The number of fused-ring (bicyclic) bond motifs is 1. The summed E-state index contributed by atoms with van der Waals surface area (Å²) in [6.07, 6.45) is 1.94. The lowest BCUT2D eigenvalue weighted by atomic mass is 10.0. The molecule has 0 aliphatic rings. The zero-order valence-corrected chi connectivity index (χ0v) is 14.6. The molecule has 0 atom stereocenters. The summed E-state index contributed by atoms with van der Waals surface area (Å²) in [7, 11) is 0. The predicted octanol–water partition coefficient (Wildman–Crippen LogP) is 5.21. The molecule has 0 radical (unpaired) electrons. The van der Waals surface area contributed by atoms with Crippen LogP contribution in [0, 0.1) is 5.92 Å². The van der Waals surface area contributed by atoms with Gasteiger partial charge in [0.2, 0.25) is 0 Å². The lowest BCUT2D eigenvalue weighted by molar-refractivity contribution is 0.0941. The number of rotatable bonds is 6. The van der Waals surface area contributed by atoms with Gasteiger partial charge in [0, 0.05) is 33.6 Å². The van der Waals surface area contributed by atoms with Gasteiger partial charge < -0.3 is 9.30 Å². The molecular formula is C20H20ClNO2. The smallest absolute Gasteiger partial charge is 0.167 e.